The Morgan fingerprint density at radius 3 is 2.33 bits per heavy atom. The highest BCUT2D eigenvalue weighted by atomic mass is 32.2. The van der Waals surface area contributed by atoms with Crippen molar-refractivity contribution in [2.24, 2.45) is 5.92 Å². The molecule has 43 heavy (non-hydrogen) atoms. The van der Waals surface area contributed by atoms with Crippen LogP contribution >= 0.6 is 0 Å². The van der Waals surface area contributed by atoms with E-state index < -0.39 is 28.3 Å². The van der Waals surface area contributed by atoms with Crippen molar-refractivity contribution in [2.45, 2.75) is 38.3 Å². The summed E-state index contributed by atoms with van der Waals surface area (Å²) in [5.74, 6) is -0.718. The first kappa shape index (κ1) is 30.1. The Kier molecular flexibility index (Phi) is 9.03. The highest BCUT2D eigenvalue weighted by Gasteiger charge is 2.29. The fraction of sp³-hybridized carbons (Fsp3) is 0.235. The van der Waals surface area contributed by atoms with Gasteiger partial charge in [-0.1, -0.05) is 68.4 Å². The van der Waals surface area contributed by atoms with Gasteiger partial charge in [-0.2, -0.15) is 4.31 Å². The van der Waals surface area contributed by atoms with Gasteiger partial charge in [0.1, 0.15) is 11.4 Å². The first-order valence-corrected chi connectivity index (χ1v) is 15.6. The summed E-state index contributed by atoms with van der Waals surface area (Å²) in [6.07, 6.45) is 1.88. The minimum atomic E-state index is -4.05. The van der Waals surface area contributed by atoms with Crippen LogP contribution in [0.1, 0.15) is 31.4 Å². The predicted octanol–water partition coefficient (Wildman–Crippen LogP) is 6.35. The first-order valence-electron chi connectivity index (χ1n) is 14.1. The fourth-order valence-electron chi connectivity index (χ4n) is 4.89. The third-order valence-corrected chi connectivity index (χ3v) is 9.22. The minimum Gasteiger partial charge on any atom is -0.464 e. The maximum absolute atomic E-state index is 14.0. The number of fused-ring (bicyclic) bond motifs is 2. The van der Waals surface area contributed by atoms with E-state index in [9.17, 15) is 22.4 Å². The number of rotatable bonds is 11. The van der Waals surface area contributed by atoms with Crippen LogP contribution in [0.3, 0.4) is 0 Å². The van der Waals surface area contributed by atoms with Gasteiger partial charge in [-0.3, -0.25) is 9.59 Å². The lowest BCUT2D eigenvalue weighted by atomic mass is 10.1. The Morgan fingerprint density at radius 2 is 1.58 bits per heavy atom. The van der Waals surface area contributed by atoms with E-state index in [0.717, 1.165) is 10.8 Å². The molecule has 0 aliphatic heterocycles. The Hall–Kier alpha value is -4.34. The number of carbonyl (C=O) groups excluding carboxylic acids is 1. The van der Waals surface area contributed by atoms with Gasteiger partial charge >= 0.3 is 0 Å². The summed E-state index contributed by atoms with van der Waals surface area (Å²) < 4.78 is 48.4. The van der Waals surface area contributed by atoms with Crippen LogP contribution in [-0.4, -0.2) is 36.6 Å². The molecule has 1 aromatic heterocycles. The van der Waals surface area contributed by atoms with Gasteiger partial charge in [0.15, 0.2) is 5.43 Å². The van der Waals surface area contributed by atoms with Gasteiger partial charge in [-0.25, -0.2) is 12.8 Å². The molecule has 5 aromatic rings. The molecule has 1 amide bonds. The standard InChI is InChI=1S/C34H33FN2O5S/c1-24(2)17-18-37(43(40,41)30-16-13-26-7-3-4-8-27(26)19-30)22-33(38)36(20-25-11-14-29(35)15-12-25)21-28-23-42-32-10-6-5-9-31(32)34(28)39/h3-16,19,23-24H,17-18,20-22H2,1-2H3. The fourth-order valence-corrected chi connectivity index (χ4v) is 6.33. The van der Waals surface area contributed by atoms with Crippen LogP contribution in [0, 0.1) is 11.7 Å². The molecule has 5 rings (SSSR count). The van der Waals surface area contributed by atoms with Crippen molar-refractivity contribution in [3.63, 3.8) is 0 Å². The molecular weight excluding hydrogens is 567 g/mol. The topological polar surface area (TPSA) is 87.9 Å². The van der Waals surface area contributed by atoms with Crippen molar-refractivity contribution in [3.8, 4) is 0 Å². The van der Waals surface area contributed by atoms with Gasteiger partial charge in [-0.05, 0) is 65.1 Å². The molecule has 222 valence electrons. The molecule has 0 radical (unpaired) electrons. The minimum absolute atomic E-state index is 0.0411. The third kappa shape index (κ3) is 7.01. The lowest BCUT2D eigenvalue weighted by Crippen LogP contribution is -2.43. The highest BCUT2D eigenvalue weighted by Crippen LogP contribution is 2.23. The Labute approximate surface area is 250 Å². The van der Waals surface area contributed by atoms with Gasteiger partial charge in [0.25, 0.3) is 0 Å². The van der Waals surface area contributed by atoms with Crippen LogP contribution in [0.15, 0.2) is 111 Å². The number of amides is 1. The van der Waals surface area contributed by atoms with E-state index in [4.69, 9.17) is 4.42 Å². The van der Waals surface area contributed by atoms with Crippen molar-refractivity contribution in [1.82, 2.24) is 9.21 Å². The quantitative estimate of drug-likeness (QED) is 0.176. The molecule has 9 heteroatoms. The van der Waals surface area contributed by atoms with Gasteiger partial charge < -0.3 is 9.32 Å². The van der Waals surface area contributed by atoms with E-state index in [1.165, 1.54) is 27.6 Å². The first-order chi connectivity index (χ1) is 20.6. The zero-order valence-corrected chi connectivity index (χ0v) is 24.9. The zero-order chi connectivity index (χ0) is 30.6. The van der Waals surface area contributed by atoms with Crippen LogP contribution in [-0.2, 0) is 27.9 Å². The van der Waals surface area contributed by atoms with Crippen molar-refractivity contribution in [3.05, 3.63) is 124 Å². The number of para-hydroxylation sites is 1. The molecule has 7 nitrogen and oxygen atoms in total. The molecule has 0 saturated carbocycles. The molecule has 0 N–H and O–H groups in total. The number of hydrogen-bond acceptors (Lipinski definition) is 5. The summed E-state index contributed by atoms with van der Waals surface area (Å²) in [7, 11) is -4.05. The normalized spacial score (nSPS) is 11.9. The van der Waals surface area contributed by atoms with Crippen LogP contribution in [0.5, 0.6) is 0 Å². The van der Waals surface area contributed by atoms with Gasteiger partial charge in [0.05, 0.1) is 35.2 Å². The van der Waals surface area contributed by atoms with Crippen LogP contribution in [0.4, 0.5) is 4.39 Å². The van der Waals surface area contributed by atoms with Gasteiger partial charge in [0.2, 0.25) is 15.9 Å². The Balaban J connectivity index is 1.48. The molecule has 4 aromatic carbocycles. The third-order valence-electron chi connectivity index (χ3n) is 7.38. The SMILES string of the molecule is CC(C)CCN(CC(=O)N(Cc1ccc(F)cc1)Cc1coc2ccccc2c1=O)S(=O)(=O)c1ccc2ccccc2c1. The second-order valence-corrected chi connectivity index (χ2v) is 12.9. The van der Waals surface area contributed by atoms with Crippen molar-refractivity contribution < 1.29 is 22.0 Å². The second-order valence-electron chi connectivity index (χ2n) is 11.0. The van der Waals surface area contributed by atoms with Crippen LogP contribution in [0.2, 0.25) is 0 Å². The number of halogens is 1. The molecule has 0 saturated heterocycles. The Bertz CT molecular complexity index is 1920. The second kappa shape index (κ2) is 12.9. The molecular formula is C34H33FN2O5S. The molecule has 0 aliphatic rings. The number of carbonyl (C=O) groups is 1. The number of hydrogen-bond donors (Lipinski definition) is 0. The average molecular weight is 601 g/mol. The maximum Gasteiger partial charge on any atom is 0.243 e. The average Bonchev–Trinajstić information content (AvgIpc) is 3.00. The van der Waals surface area contributed by atoms with E-state index in [-0.39, 0.29) is 41.4 Å². The lowest BCUT2D eigenvalue weighted by molar-refractivity contribution is -0.132. The van der Waals surface area contributed by atoms with Crippen LogP contribution < -0.4 is 5.43 Å². The summed E-state index contributed by atoms with van der Waals surface area (Å²) >= 11 is 0. The van der Waals surface area contributed by atoms with Gasteiger partial charge in [-0.15, -0.1) is 0 Å². The van der Waals surface area contributed by atoms with E-state index in [2.05, 4.69) is 0 Å². The molecule has 1 heterocycles. The van der Waals surface area contributed by atoms with Crippen molar-refractivity contribution in [1.29, 1.82) is 0 Å². The number of benzene rings is 4. The molecule has 0 fully saturated rings. The molecule has 0 atom stereocenters. The zero-order valence-electron chi connectivity index (χ0n) is 24.1. The number of sulfonamides is 1. The summed E-state index contributed by atoms with van der Waals surface area (Å²) in [5.41, 5.74) is 1.03. The van der Waals surface area contributed by atoms with E-state index in [1.807, 2.05) is 38.1 Å². The summed E-state index contributed by atoms with van der Waals surface area (Å²) in [6.45, 7) is 3.62. The summed E-state index contributed by atoms with van der Waals surface area (Å²) in [5, 5.41) is 2.07. The van der Waals surface area contributed by atoms with E-state index in [1.54, 1.807) is 54.6 Å². The maximum atomic E-state index is 14.0. The van der Waals surface area contributed by atoms with E-state index in [0.29, 0.717) is 23.0 Å². The molecule has 0 unspecified atom stereocenters. The van der Waals surface area contributed by atoms with E-state index >= 15 is 0 Å². The highest BCUT2D eigenvalue weighted by molar-refractivity contribution is 7.89. The van der Waals surface area contributed by atoms with Crippen molar-refractivity contribution in [2.75, 3.05) is 13.1 Å². The predicted molar refractivity (Wildman–Crippen MR) is 165 cm³/mol. The number of nitrogens with zero attached hydrogens (tertiary/aromatic N) is 2. The van der Waals surface area contributed by atoms with Crippen molar-refractivity contribution >= 4 is 37.7 Å². The monoisotopic (exact) mass is 600 g/mol. The molecule has 0 spiro atoms. The van der Waals surface area contributed by atoms with Crippen LogP contribution in [0.25, 0.3) is 21.7 Å². The molecule has 0 aliphatic carbocycles. The molecule has 0 bridgehead atoms. The smallest absolute Gasteiger partial charge is 0.243 e. The van der Waals surface area contributed by atoms with Gasteiger partial charge in [0, 0.05) is 13.1 Å². The Morgan fingerprint density at radius 1 is 0.884 bits per heavy atom. The largest absolute Gasteiger partial charge is 0.464 e. The lowest BCUT2D eigenvalue weighted by Gasteiger charge is -2.28. The summed E-state index contributed by atoms with van der Waals surface area (Å²) in [6, 6.07) is 24.9. The summed E-state index contributed by atoms with van der Waals surface area (Å²) in [4.78, 5) is 28.7.